The second-order valence-electron chi connectivity index (χ2n) is 5.25. The first kappa shape index (κ1) is 15.9. The van der Waals surface area contributed by atoms with Crippen LogP contribution in [0.15, 0.2) is 59.1 Å². The number of hydrogen-bond acceptors (Lipinski definition) is 3. The molecule has 0 saturated carbocycles. The van der Waals surface area contributed by atoms with Gasteiger partial charge in [0.2, 0.25) is 5.91 Å². The van der Waals surface area contributed by atoms with Gasteiger partial charge in [-0.25, -0.2) is 8.78 Å². The van der Waals surface area contributed by atoms with E-state index in [4.69, 9.17) is 4.52 Å². The van der Waals surface area contributed by atoms with Crippen molar-refractivity contribution in [2.24, 2.45) is 0 Å². The number of nitrogens with zero attached hydrogens (tertiary/aromatic N) is 1. The Morgan fingerprint density at radius 3 is 2.62 bits per heavy atom. The lowest BCUT2D eigenvalue weighted by Crippen LogP contribution is -2.24. The molecular formula is C18H14F2N2O2. The summed E-state index contributed by atoms with van der Waals surface area (Å²) < 4.78 is 31.7. The first-order chi connectivity index (χ1) is 11.6. The number of halogens is 2. The van der Waals surface area contributed by atoms with Gasteiger partial charge in [0.05, 0.1) is 18.5 Å². The molecule has 0 radical (unpaired) electrons. The number of aromatic nitrogens is 1. The summed E-state index contributed by atoms with van der Waals surface area (Å²) in [5.41, 5.74) is 1.48. The summed E-state index contributed by atoms with van der Waals surface area (Å²) >= 11 is 0. The Kier molecular flexibility index (Phi) is 4.65. The fourth-order valence-electron chi connectivity index (χ4n) is 2.24. The van der Waals surface area contributed by atoms with Gasteiger partial charge in [0.1, 0.15) is 17.3 Å². The van der Waals surface area contributed by atoms with Crippen molar-refractivity contribution in [2.75, 3.05) is 0 Å². The van der Waals surface area contributed by atoms with Crippen LogP contribution in [0.5, 0.6) is 0 Å². The van der Waals surface area contributed by atoms with Crippen molar-refractivity contribution in [3.8, 4) is 11.3 Å². The van der Waals surface area contributed by atoms with Crippen molar-refractivity contribution in [3.05, 3.63) is 77.5 Å². The lowest BCUT2D eigenvalue weighted by atomic mass is 10.1. The van der Waals surface area contributed by atoms with Crippen LogP contribution in [0, 0.1) is 11.6 Å². The van der Waals surface area contributed by atoms with Crippen LogP contribution in [0.1, 0.15) is 11.3 Å². The molecule has 0 fully saturated rings. The molecule has 1 aromatic heterocycles. The molecule has 3 rings (SSSR count). The molecule has 1 N–H and O–H groups in total. The number of nitrogens with one attached hydrogen (secondary N) is 1. The minimum Gasteiger partial charge on any atom is -0.356 e. The third-order valence-corrected chi connectivity index (χ3v) is 3.43. The summed E-state index contributed by atoms with van der Waals surface area (Å²) in [5, 5.41) is 6.51. The molecule has 0 bridgehead atoms. The Bertz CT molecular complexity index is 847. The van der Waals surface area contributed by atoms with Crippen LogP contribution in [0.2, 0.25) is 0 Å². The lowest BCUT2D eigenvalue weighted by Gasteiger charge is -2.02. The van der Waals surface area contributed by atoms with Crippen molar-refractivity contribution in [3.63, 3.8) is 0 Å². The molecule has 0 aliphatic rings. The minimum atomic E-state index is -0.731. The SMILES string of the molecule is O=C(Cc1ccccc1)NCc1cc(-c2ccc(F)cc2F)on1. The van der Waals surface area contributed by atoms with Gasteiger partial charge in [-0.1, -0.05) is 35.5 Å². The first-order valence-electron chi connectivity index (χ1n) is 7.33. The number of carbonyl (C=O) groups excluding carboxylic acids is 1. The van der Waals surface area contributed by atoms with Crippen LogP contribution < -0.4 is 5.32 Å². The van der Waals surface area contributed by atoms with Crippen LogP contribution in [0.25, 0.3) is 11.3 Å². The molecule has 0 aliphatic carbocycles. The van der Waals surface area contributed by atoms with Gasteiger partial charge < -0.3 is 9.84 Å². The Hall–Kier alpha value is -3.02. The summed E-state index contributed by atoms with van der Waals surface area (Å²) in [6, 6.07) is 14.1. The first-order valence-corrected chi connectivity index (χ1v) is 7.33. The smallest absolute Gasteiger partial charge is 0.224 e. The molecule has 2 aromatic carbocycles. The molecule has 24 heavy (non-hydrogen) atoms. The van der Waals surface area contributed by atoms with Crippen LogP contribution in [-0.2, 0) is 17.8 Å². The molecule has 6 heteroatoms. The van der Waals surface area contributed by atoms with E-state index in [1.54, 1.807) is 0 Å². The number of benzene rings is 2. The Morgan fingerprint density at radius 2 is 1.88 bits per heavy atom. The predicted octanol–water partition coefficient (Wildman–Crippen LogP) is 3.48. The zero-order valence-electron chi connectivity index (χ0n) is 12.6. The van der Waals surface area contributed by atoms with Gasteiger partial charge in [0, 0.05) is 12.1 Å². The third-order valence-electron chi connectivity index (χ3n) is 3.43. The molecule has 1 amide bonds. The van der Waals surface area contributed by atoms with Gasteiger partial charge in [-0.15, -0.1) is 0 Å². The second kappa shape index (κ2) is 7.04. The largest absolute Gasteiger partial charge is 0.356 e. The molecule has 0 unspecified atom stereocenters. The van der Waals surface area contributed by atoms with Gasteiger partial charge in [0.15, 0.2) is 5.76 Å². The van der Waals surface area contributed by atoms with E-state index >= 15 is 0 Å². The molecule has 122 valence electrons. The summed E-state index contributed by atoms with van der Waals surface area (Å²) in [6.07, 6.45) is 0.262. The molecular weight excluding hydrogens is 314 g/mol. The van der Waals surface area contributed by atoms with E-state index in [-0.39, 0.29) is 30.2 Å². The summed E-state index contributed by atoms with van der Waals surface area (Å²) in [5.74, 6) is -1.37. The van der Waals surface area contributed by atoms with E-state index in [0.29, 0.717) is 5.69 Å². The average Bonchev–Trinajstić information content (AvgIpc) is 3.02. The lowest BCUT2D eigenvalue weighted by molar-refractivity contribution is -0.120. The highest BCUT2D eigenvalue weighted by atomic mass is 19.1. The van der Waals surface area contributed by atoms with Crippen LogP contribution in [0.4, 0.5) is 8.78 Å². The quantitative estimate of drug-likeness (QED) is 0.780. The van der Waals surface area contributed by atoms with Gasteiger partial charge >= 0.3 is 0 Å². The summed E-state index contributed by atoms with van der Waals surface area (Å²) in [6.45, 7) is 0.165. The summed E-state index contributed by atoms with van der Waals surface area (Å²) in [4.78, 5) is 11.9. The zero-order chi connectivity index (χ0) is 16.9. The van der Waals surface area contributed by atoms with E-state index in [1.807, 2.05) is 30.3 Å². The summed E-state index contributed by atoms with van der Waals surface area (Å²) in [7, 11) is 0. The highest BCUT2D eigenvalue weighted by molar-refractivity contribution is 5.78. The number of rotatable bonds is 5. The van der Waals surface area contributed by atoms with Gasteiger partial charge in [-0.05, 0) is 17.7 Å². The van der Waals surface area contributed by atoms with Gasteiger partial charge in [-0.3, -0.25) is 4.79 Å². The van der Waals surface area contributed by atoms with E-state index in [2.05, 4.69) is 10.5 Å². The molecule has 0 aliphatic heterocycles. The van der Waals surface area contributed by atoms with Crippen LogP contribution in [0.3, 0.4) is 0 Å². The second-order valence-corrected chi connectivity index (χ2v) is 5.25. The zero-order valence-corrected chi connectivity index (χ0v) is 12.6. The molecule has 0 atom stereocenters. The van der Waals surface area contributed by atoms with Crippen molar-refractivity contribution in [1.29, 1.82) is 0 Å². The number of amides is 1. The van der Waals surface area contributed by atoms with E-state index in [1.165, 1.54) is 12.1 Å². The van der Waals surface area contributed by atoms with Gasteiger partial charge in [0.25, 0.3) is 0 Å². The van der Waals surface area contributed by atoms with E-state index in [0.717, 1.165) is 17.7 Å². The fraction of sp³-hybridized carbons (Fsp3) is 0.111. The Labute approximate surface area is 137 Å². The maximum atomic E-state index is 13.7. The number of hydrogen-bond donors (Lipinski definition) is 1. The average molecular weight is 328 g/mol. The predicted molar refractivity (Wildman–Crippen MR) is 83.8 cm³/mol. The molecule has 1 heterocycles. The van der Waals surface area contributed by atoms with Gasteiger partial charge in [-0.2, -0.15) is 0 Å². The van der Waals surface area contributed by atoms with Crippen molar-refractivity contribution in [2.45, 2.75) is 13.0 Å². The van der Waals surface area contributed by atoms with Crippen molar-refractivity contribution >= 4 is 5.91 Å². The standard InChI is InChI=1S/C18H14F2N2O2/c19-13-6-7-15(16(20)9-13)17-10-14(22-24-17)11-21-18(23)8-12-4-2-1-3-5-12/h1-7,9-10H,8,11H2,(H,21,23). The molecule has 3 aromatic rings. The third kappa shape index (κ3) is 3.84. The maximum Gasteiger partial charge on any atom is 0.224 e. The monoisotopic (exact) mass is 328 g/mol. The van der Waals surface area contributed by atoms with Crippen molar-refractivity contribution in [1.82, 2.24) is 10.5 Å². The fourth-order valence-corrected chi connectivity index (χ4v) is 2.24. The van der Waals surface area contributed by atoms with E-state index in [9.17, 15) is 13.6 Å². The topological polar surface area (TPSA) is 55.1 Å². The molecule has 0 spiro atoms. The van der Waals surface area contributed by atoms with E-state index < -0.39 is 11.6 Å². The molecule has 0 saturated heterocycles. The van der Waals surface area contributed by atoms with Crippen LogP contribution in [-0.4, -0.2) is 11.1 Å². The Balaban J connectivity index is 1.61. The maximum absolute atomic E-state index is 13.7. The minimum absolute atomic E-state index is 0.116. The molecule has 4 nitrogen and oxygen atoms in total. The van der Waals surface area contributed by atoms with Crippen LogP contribution >= 0.6 is 0 Å². The Morgan fingerprint density at radius 1 is 1.08 bits per heavy atom. The van der Waals surface area contributed by atoms with Crippen molar-refractivity contribution < 1.29 is 18.1 Å². The highest BCUT2D eigenvalue weighted by Crippen LogP contribution is 2.24. The number of carbonyl (C=O) groups is 1. The normalized spacial score (nSPS) is 10.6. The highest BCUT2D eigenvalue weighted by Gasteiger charge is 2.13.